The standard InChI is InChI=1S/C10H21/c1-4-7-8-9-10(5-2)6-3/h10H,2,4-9H2,1,3H3. The van der Waals surface area contributed by atoms with Gasteiger partial charge in [-0.05, 0) is 5.92 Å². The Morgan fingerprint density at radius 3 is 2.30 bits per heavy atom. The van der Waals surface area contributed by atoms with Crippen LogP contribution in [0.5, 0.6) is 0 Å². The molecule has 0 aromatic rings. The normalized spacial score (nSPS) is 10.8. The van der Waals surface area contributed by atoms with E-state index >= 15 is 0 Å². The molecule has 1 atom stereocenters. The van der Waals surface area contributed by atoms with Crippen molar-refractivity contribution in [1.29, 1.82) is 0 Å². The third kappa shape index (κ3) is 4.84. The van der Waals surface area contributed by atoms with Crippen LogP contribution >= 0.6 is 0 Å². The Balaban J connectivity index is 3.09. The van der Waals surface area contributed by atoms with E-state index in [1.807, 2.05) is 0 Å². The molecule has 0 rings (SSSR count). The molecule has 61 valence electrons. The summed E-state index contributed by atoms with van der Waals surface area (Å²) < 4.78 is 0. The van der Waals surface area contributed by atoms with Crippen LogP contribution in [0.15, 0.2) is 0 Å². The molecule has 0 saturated heterocycles. The van der Waals surface area contributed by atoms with Gasteiger partial charge in [0.1, 0.15) is 0 Å². The molecule has 0 fully saturated rings. The van der Waals surface area contributed by atoms with Crippen LogP contribution < -0.4 is 0 Å². The summed E-state index contributed by atoms with van der Waals surface area (Å²) in [5.41, 5.74) is 0. The van der Waals surface area contributed by atoms with Gasteiger partial charge in [0, 0.05) is 0 Å². The summed E-state index contributed by atoms with van der Waals surface area (Å²) in [7, 11) is 0. The Hall–Kier alpha value is 0. The van der Waals surface area contributed by atoms with Gasteiger partial charge in [-0.1, -0.05) is 59.3 Å². The van der Waals surface area contributed by atoms with Crippen molar-refractivity contribution in [3.63, 3.8) is 0 Å². The summed E-state index contributed by atoms with van der Waals surface area (Å²) in [6, 6.07) is 0. The van der Waals surface area contributed by atoms with Gasteiger partial charge in [0.2, 0.25) is 0 Å². The van der Waals surface area contributed by atoms with E-state index in [4.69, 9.17) is 0 Å². The van der Waals surface area contributed by atoms with Crippen molar-refractivity contribution in [2.45, 2.75) is 52.4 Å². The van der Waals surface area contributed by atoms with Gasteiger partial charge in [-0.2, -0.15) is 0 Å². The van der Waals surface area contributed by atoms with E-state index < -0.39 is 0 Å². The number of hydrogen-bond donors (Lipinski definition) is 0. The van der Waals surface area contributed by atoms with Crippen molar-refractivity contribution >= 4 is 0 Å². The smallest absolute Gasteiger partial charge is 0.0417 e. The fourth-order valence-electron chi connectivity index (χ4n) is 1.24. The van der Waals surface area contributed by atoms with Gasteiger partial charge in [0.15, 0.2) is 0 Å². The van der Waals surface area contributed by atoms with E-state index in [9.17, 15) is 0 Å². The lowest BCUT2D eigenvalue weighted by molar-refractivity contribution is 0.448. The number of rotatable bonds is 6. The van der Waals surface area contributed by atoms with Crippen LogP contribution in [0, 0.1) is 12.8 Å². The average molecular weight is 141 g/mol. The van der Waals surface area contributed by atoms with Gasteiger partial charge in [0.25, 0.3) is 0 Å². The van der Waals surface area contributed by atoms with Gasteiger partial charge in [-0.15, -0.1) is 0 Å². The van der Waals surface area contributed by atoms with Crippen LogP contribution in [0.4, 0.5) is 0 Å². The highest BCUT2D eigenvalue weighted by Crippen LogP contribution is 2.15. The molecule has 0 heteroatoms. The van der Waals surface area contributed by atoms with Crippen LogP contribution in [0.25, 0.3) is 0 Å². The van der Waals surface area contributed by atoms with Crippen LogP contribution in [0.2, 0.25) is 0 Å². The molecule has 0 aliphatic carbocycles. The second-order valence-electron chi connectivity index (χ2n) is 3.06. The second kappa shape index (κ2) is 7.11. The van der Waals surface area contributed by atoms with Crippen molar-refractivity contribution in [2.75, 3.05) is 0 Å². The lowest BCUT2D eigenvalue weighted by Gasteiger charge is -2.10. The zero-order chi connectivity index (χ0) is 7.82. The second-order valence-corrected chi connectivity index (χ2v) is 3.06. The molecule has 0 saturated carbocycles. The molecule has 0 N–H and O–H groups in total. The Kier molecular flexibility index (Phi) is 7.11. The highest BCUT2D eigenvalue weighted by atomic mass is 14.1. The molecular weight excluding hydrogens is 120 g/mol. The lowest BCUT2D eigenvalue weighted by atomic mass is 9.96. The highest BCUT2D eigenvalue weighted by molar-refractivity contribution is 4.58. The first-order valence-electron chi connectivity index (χ1n) is 4.64. The Morgan fingerprint density at radius 1 is 1.20 bits per heavy atom. The van der Waals surface area contributed by atoms with Gasteiger partial charge < -0.3 is 0 Å². The molecule has 10 heavy (non-hydrogen) atoms. The van der Waals surface area contributed by atoms with E-state index in [2.05, 4.69) is 20.8 Å². The molecule has 0 aliphatic heterocycles. The maximum absolute atomic E-state index is 3.94. The van der Waals surface area contributed by atoms with Crippen LogP contribution in [0.3, 0.4) is 0 Å². The zero-order valence-electron chi connectivity index (χ0n) is 7.53. The fourth-order valence-corrected chi connectivity index (χ4v) is 1.24. The van der Waals surface area contributed by atoms with E-state index in [1.165, 1.54) is 32.1 Å². The molecule has 0 bridgehead atoms. The molecule has 0 aromatic carbocycles. The molecule has 0 heterocycles. The molecule has 0 aromatic heterocycles. The summed E-state index contributed by atoms with van der Waals surface area (Å²) in [5.74, 6) is 0.895. The summed E-state index contributed by atoms with van der Waals surface area (Å²) >= 11 is 0. The van der Waals surface area contributed by atoms with Crippen LogP contribution in [-0.2, 0) is 0 Å². The van der Waals surface area contributed by atoms with Crippen LogP contribution in [-0.4, -0.2) is 0 Å². The Labute approximate surface area is 66.0 Å². The SMILES string of the molecule is [CH2]CC(CC)CCCCC. The first-order valence-corrected chi connectivity index (χ1v) is 4.64. The molecule has 0 amide bonds. The van der Waals surface area contributed by atoms with Crippen molar-refractivity contribution in [3.05, 3.63) is 6.92 Å². The van der Waals surface area contributed by atoms with Gasteiger partial charge in [-0.3, -0.25) is 0 Å². The monoisotopic (exact) mass is 141 g/mol. The fraction of sp³-hybridized carbons (Fsp3) is 0.900. The third-order valence-corrected chi connectivity index (χ3v) is 2.20. The molecule has 1 unspecified atom stereocenters. The van der Waals surface area contributed by atoms with Gasteiger partial charge >= 0.3 is 0 Å². The molecular formula is C10H21. The molecule has 0 aliphatic rings. The van der Waals surface area contributed by atoms with E-state index in [-0.39, 0.29) is 0 Å². The predicted molar refractivity (Wildman–Crippen MR) is 47.9 cm³/mol. The van der Waals surface area contributed by atoms with E-state index in [0.29, 0.717) is 0 Å². The minimum atomic E-state index is 0.895. The maximum atomic E-state index is 3.94. The van der Waals surface area contributed by atoms with Crippen molar-refractivity contribution in [2.24, 2.45) is 5.92 Å². The zero-order valence-corrected chi connectivity index (χ0v) is 7.53. The summed E-state index contributed by atoms with van der Waals surface area (Å²) in [6.07, 6.45) is 7.98. The van der Waals surface area contributed by atoms with Gasteiger partial charge in [0.05, 0.1) is 0 Å². The minimum absolute atomic E-state index is 0.895. The first-order chi connectivity index (χ1) is 4.85. The lowest BCUT2D eigenvalue weighted by Crippen LogP contribution is -1.95. The summed E-state index contributed by atoms with van der Waals surface area (Å²) in [6.45, 7) is 8.46. The largest absolute Gasteiger partial charge is 0.0654 e. The maximum Gasteiger partial charge on any atom is -0.0417 e. The summed E-state index contributed by atoms with van der Waals surface area (Å²) in [4.78, 5) is 0. The quantitative estimate of drug-likeness (QED) is 0.493. The van der Waals surface area contributed by atoms with E-state index in [1.54, 1.807) is 0 Å². The van der Waals surface area contributed by atoms with Crippen molar-refractivity contribution < 1.29 is 0 Å². The summed E-state index contributed by atoms with van der Waals surface area (Å²) in [5, 5.41) is 0. The third-order valence-electron chi connectivity index (χ3n) is 2.20. The van der Waals surface area contributed by atoms with Crippen molar-refractivity contribution in [1.82, 2.24) is 0 Å². The minimum Gasteiger partial charge on any atom is -0.0654 e. The Bertz CT molecular complexity index is 53.1. The molecule has 0 spiro atoms. The Morgan fingerprint density at radius 2 is 1.90 bits per heavy atom. The molecule has 1 radical (unpaired) electrons. The van der Waals surface area contributed by atoms with E-state index in [0.717, 1.165) is 12.3 Å². The number of unbranched alkanes of at least 4 members (excludes halogenated alkanes) is 2. The molecule has 0 nitrogen and oxygen atoms in total. The average Bonchev–Trinajstić information content (AvgIpc) is 1.99. The predicted octanol–water partition coefficient (Wildman–Crippen LogP) is 3.82. The van der Waals surface area contributed by atoms with Gasteiger partial charge in [-0.25, -0.2) is 0 Å². The number of hydrogen-bond acceptors (Lipinski definition) is 0. The topological polar surface area (TPSA) is 0 Å². The van der Waals surface area contributed by atoms with Crippen molar-refractivity contribution in [3.8, 4) is 0 Å². The highest BCUT2D eigenvalue weighted by Gasteiger charge is 2.00. The van der Waals surface area contributed by atoms with Crippen LogP contribution in [0.1, 0.15) is 52.4 Å². The first kappa shape index (κ1) is 10.0.